The van der Waals surface area contributed by atoms with Crippen molar-refractivity contribution < 1.29 is 4.79 Å². The van der Waals surface area contributed by atoms with Crippen LogP contribution in [-0.4, -0.2) is 35.5 Å². The van der Waals surface area contributed by atoms with Gasteiger partial charge in [-0.1, -0.05) is 12.1 Å². The molecule has 8 heteroatoms. The Hall–Kier alpha value is -2.38. The summed E-state index contributed by atoms with van der Waals surface area (Å²) in [5.41, 5.74) is 7.64. The Morgan fingerprint density at radius 1 is 1.25 bits per heavy atom. The molecule has 1 aliphatic heterocycles. The lowest BCUT2D eigenvalue weighted by Gasteiger charge is -2.33. The zero-order chi connectivity index (χ0) is 18.6. The average molecular weight is 418 g/mol. The van der Waals surface area contributed by atoms with Crippen LogP contribution in [0.3, 0.4) is 0 Å². The molecule has 4 rings (SSSR count). The predicted octanol–water partition coefficient (Wildman–Crippen LogP) is 3.27. The van der Waals surface area contributed by atoms with Crippen LogP contribution in [0.15, 0.2) is 42.0 Å². The van der Waals surface area contributed by atoms with Crippen LogP contribution in [0.2, 0.25) is 0 Å². The minimum Gasteiger partial charge on any atom is -0.399 e. The molecule has 1 atom stereocenters. The molecule has 1 unspecified atom stereocenters. The van der Waals surface area contributed by atoms with E-state index in [0.717, 1.165) is 47.5 Å². The lowest BCUT2D eigenvalue weighted by atomic mass is 9.97. The number of nitrogens with one attached hydrogen (secondary N) is 1. The molecule has 1 fully saturated rings. The summed E-state index contributed by atoms with van der Waals surface area (Å²) >= 11 is 1.62. The molecule has 3 heterocycles. The molecule has 1 amide bonds. The molecule has 0 radical (unpaired) electrons. The molecule has 3 aromatic rings. The van der Waals surface area contributed by atoms with Gasteiger partial charge in [0.05, 0.1) is 11.3 Å². The summed E-state index contributed by atoms with van der Waals surface area (Å²) < 4.78 is 0. The monoisotopic (exact) mass is 417 g/mol. The Kier molecular flexibility index (Phi) is 6.70. The Balaban J connectivity index is 0.00000225. The van der Waals surface area contributed by atoms with Crippen LogP contribution in [0.1, 0.15) is 18.4 Å². The number of carbonyl (C=O) groups is 1. The number of halogens is 1. The SMILES string of the molecule is Cl.Nc1ccc(CCNC(=O)C2CCCN(c3ncnc4sccc34)C2)cc1. The van der Waals surface area contributed by atoms with E-state index < -0.39 is 0 Å². The molecule has 1 aliphatic rings. The first-order valence-electron chi connectivity index (χ1n) is 9.26. The van der Waals surface area contributed by atoms with Crippen LogP contribution in [0.25, 0.3) is 10.2 Å². The van der Waals surface area contributed by atoms with E-state index >= 15 is 0 Å². The number of hydrogen-bond donors (Lipinski definition) is 2. The van der Waals surface area contributed by atoms with Gasteiger partial charge in [-0.25, -0.2) is 9.97 Å². The maximum atomic E-state index is 12.6. The van der Waals surface area contributed by atoms with Gasteiger partial charge in [0.25, 0.3) is 0 Å². The van der Waals surface area contributed by atoms with E-state index in [2.05, 4.69) is 26.3 Å². The van der Waals surface area contributed by atoms with Crippen molar-refractivity contribution >= 4 is 51.4 Å². The van der Waals surface area contributed by atoms with E-state index in [1.54, 1.807) is 17.7 Å². The lowest BCUT2D eigenvalue weighted by molar-refractivity contribution is -0.125. The fourth-order valence-corrected chi connectivity index (χ4v) is 4.30. The first-order valence-corrected chi connectivity index (χ1v) is 10.1. The molecule has 6 nitrogen and oxygen atoms in total. The highest BCUT2D eigenvalue weighted by atomic mass is 35.5. The quantitative estimate of drug-likeness (QED) is 0.622. The van der Waals surface area contributed by atoms with E-state index in [1.807, 2.05) is 29.6 Å². The van der Waals surface area contributed by atoms with Gasteiger partial charge in [0.1, 0.15) is 17.0 Å². The zero-order valence-electron chi connectivity index (χ0n) is 15.5. The summed E-state index contributed by atoms with van der Waals surface area (Å²) in [5, 5.41) is 6.20. The molecule has 0 aliphatic carbocycles. The summed E-state index contributed by atoms with van der Waals surface area (Å²) in [6.45, 7) is 2.27. The second-order valence-corrected chi connectivity index (χ2v) is 7.80. The minimum atomic E-state index is -0.00572. The molecular weight excluding hydrogens is 394 g/mol. The number of anilines is 2. The number of nitrogens with two attached hydrogens (primary N) is 1. The summed E-state index contributed by atoms with van der Waals surface area (Å²) in [6, 6.07) is 9.86. The van der Waals surface area contributed by atoms with Crippen LogP contribution < -0.4 is 16.0 Å². The van der Waals surface area contributed by atoms with E-state index in [4.69, 9.17) is 5.73 Å². The van der Waals surface area contributed by atoms with E-state index in [9.17, 15) is 4.79 Å². The first-order chi connectivity index (χ1) is 13.2. The van der Waals surface area contributed by atoms with Crippen molar-refractivity contribution in [2.45, 2.75) is 19.3 Å². The molecule has 28 heavy (non-hydrogen) atoms. The summed E-state index contributed by atoms with van der Waals surface area (Å²) in [7, 11) is 0. The van der Waals surface area contributed by atoms with Gasteiger partial charge in [-0.2, -0.15) is 0 Å². The summed E-state index contributed by atoms with van der Waals surface area (Å²) in [5.74, 6) is 1.07. The highest BCUT2D eigenvalue weighted by Gasteiger charge is 2.27. The second-order valence-electron chi connectivity index (χ2n) is 6.90. The van der Waals surface area contributed by atoms with Crippen molar-refractivity contribution in [1.82, 2.24) is 15.3 Å². The van der Waals surface area contributed by atoms with Crippen LogP contribution in [0, 0.1) is 5.92 Å². The number of thiophene rings is 1. The molecule has 1 aromatic carbocycles. The largest absolute Gasteiger partial charge is 0.399 e. The molecule has 0 saturated carbocycles. The highest BCUT2D eigenvalue weighted by molar-refractivity contribution is 7.16. The Labute approximate surface area is 174 Å². The number of piperidine rings is 1. The van der Waals surface area contributed by atoms with Gasteiger partial charge in [-0.15, -0.1) is 23.7 Å². The van der Waals surface area contributed by atoms with Gasteiger partial charge in [-0.3, -0.25) is 4.79 Å². The lowest BCUT2D eigenvalue weighted by Crippen LogP contribution is -2.43. The smallest absolute Gasteiger partial charge is 0.224 e. The maximum absolute atomic E-state index is 12.6. The van der Waals surface area contributed by atoms with Gasteiger partial charge >= 0.3 is 0 Å². The number of nitrogen functional groups attached to an aromatic ring is 1. The van der Waals surface area contributed by atoms with Gasteiger partial charge in [0, 0.05) is 25.3 Å². The number of aromatic nitrogens is 2. The number of nitrogens with zero attached hydrogens (tertiary/aromatic N) is 3. The third-order valence-electron chi connectivity index (χ3n) is 5.03. The van der Waals surface area contributed by atoms with Crippen molar-refractivity contribution in [1.29, 1.82) is 0 Å². The third kappa shape index (κ3) is 4.54. The average Bonchev–Trinajstić information content (AvgIpc) is 3.18. The van der Waals surface area contributed by atoms with Crippen molar-refractivity contribution in [3.8, 4) is 0 Å². The molecule has 0 spiro atoms. The van der Waals surface area contributed by atoms with Crippen molar-refractivity contribution in [2.24, 2.45) is 5.92 Å². The van der Waals surface area contributed by atoms with Crippen LogP contribution in [0.4, 0.5) is 11.5 Å². The Morgan fingerprint density at radius 2 is 2.07 bits per heavy atom. The molecular formula is C20H24ClN5OS. The van der Waals surface area contributed by atoms with Gasteiger partial charge in [0.2, 0.25) is 5.91 Å². The van der Waals surface area contributed by atoms with Crippen LogP contribution >= 0.6 is 23.7 Å². The van der Waals surface area contributed by atoms with Gasteiger partial charge < -0.3 is 16.0 Å². The number of rotatable bonds is 5. The normalized spacial score (nSPS) is 16.6. The topological polar surface area (TPSA) is 84.1 Å². The third-order valence-corrected chi connectivity index (χ3v) is 5.85. The Morgan fingerprint density at radius 3 is 2.89 bits per heavy atom. The maximum Gasteiger partial charge on any atom is 0.224 e. The molecule has 2 aromatic heterocycles. The Bertz CT molecular complexity index is 930. The van der Waals surface area contributed by atoms with Crippen molar-refractivity contribution in [3.05, 3.63) is 47.6 Å². The standard InChI is InChI=1S/C20H23N5OS.ClH/c21-16-5-3-14(4-6-16)7-9-22-19(26)15-2-1-10-25(12-15)18-17-8-11-27-20(17)24-13-23-18;/h3-6,8,11,13,15H,1-2,7,9-10,12,21H2,(H,22,26);1H. The molecule has 1 saturated heterocycles. The summed E-state index contributed by atoms with van der Waals surface area (Å²) in [6.07, 6.45) is 4.34. The molecule has 0 bridgehead atoms. The van der Waals surface area contributed by atoms with Gasteiger partial charge in [0.15, 0.2) is 0 Å². The zero-order valence-corrected chi connectivity index (χ0v) is 17.1. The van der Waals surface area contributed by atoms with Crippen molar-refractivity contribution in [2.75, 3.05) is 30.3 Å². The van der Waals surface area contributed by atoms with Crippen LogP contribution in [0.5, 0.6) is 0 Å². The first kappa shape index (κ1) is 20.4. The fraction of sp³-hybridized carbons (Fsp3) is 0.350. The number of carbonyl (C=O) groups excluding carboxylic acids is 1. The fourth-order valence-electron chi connectivity index (χ4n) is 3.57. The number of benzene rings is 1. The van der Waals surface area contributed by atoms with Crippen LogP contribution in [-0.2, 0) is 11.2 Å². The van der Waals surface area contributed by atoms with Crippen molar-refractivity contribution in [3.63, 3.8) is 0 Å². The van der Waals surface area contributed by atoms with E-state index in [-0.39, 0.29) is 24.2 Å². The molecule has 3 N–H and O–H groups in total. The molecule has 148 valence electrons. The number of fused-ring (bicyclic) bond motifs is 1. The summed E-state index contributed by atoms with van der Waals surface area (Å²) in [4.78, 5) is 24.7. The second kappa shape index (κ2) is 9.21. The minimum absolute atomic E-state index is 0. The van der Waals surface area contributed by atoms with Gasteiger partial charge in [-0.05, 0) is 48.4 Å². The number of hydrogen-bond acceptors (Lipinski definition) is 6. The van der Waals surface area contributed by atoms with E-state index in [1.165, 1.54) is 5.56 Å². The highest BCUT2D eigenvalue weighted by Crippen LogP contribution is 2.29. The number of amides is 1. The van der Waals surface area contributed by atoms with E-state index in [0.29, 0.717) is 13.1 Å². The predicted molar refractivity (Wildman–Crippen MR) is 117 cm³/mol.